The molecule has 2 saturated heterocycles. The Morgan fingerprint density at radius 1 is 0.676 bits per heavy atom. The number of hydroxylamine groups is 4. The van der Waals surface area contributed by atoms with Crippen LogP contribution in [0.5, 0.6) is 0 Å². The van der Waals surface area contributed by atoms with Crippen molar-refractivity contribution in [1.29, 1.82) is 0 Å². The third-order valence-electron chi connectivity index (χ3n) is 6.66. The first-order valence-electron chi connectivity index (χ1n) is 12.1. The van der Waals surface area contributed by atoms with Crippen molar-refractivity contribution in [3.8, 4) is 0 Å². The summed E-state index contributed by atoms with van der Waals surface area (Å²) in [4.78, 5) is 24.6. The molecule has 0 aromatic heterocycles. The Labute approximate surface area is 212 Å². The molecule has 2 fully saturated rings. The number of rotatable bonds is 9. The lowest BCUT2D eigenvalue weighted by molar-refractivity contribution is -0.259. The van der Waals surface area contributed by atoms with Crippen LogP contribution in [0, 0.1) is 0 Å². The van der Waals surface area contributed by atoms with Gasteiger partial charge in [0, 0.05) is 59.3 Å². The molecule has 2 aliphatic rings. The Hall–Kier alpha value is -0.520. The molecule has 10 heteroatoms. The first-order valence-corrected chi connectivity index (χ1v) is 14.6. The smallest absolute Gasteiger partial charge is 0.306 e. The molecule has 34 heavy (non-hydrogen) atoms. The molecule has 2 rings (SSSR count). The summed E-state index contributed by atoms with van der Waals surface area (Å²) < 4.78 is 11.4. The van der Waals surface area contributed by atoms with E-state index in [1.54, 1.807) is 21.6 Å². The fourth-order valence-corrected chi connectivity index (χ4v) is 7.32. The van der Waals surface area contributed by atoms with Gasteiger partial charge in [-0.15, -0.1) is 0 Å². The van der Waals surface area contributed by atoms with Crippen LogP contribution in [-0.2, 0) is 19.1 Å². The van der Waals surface area contributed by atoms with Crippen LogP contribution in [0.1, 0.15) is 93.9 Å². The second-order valence-electron chi connectivity index (χ2n) is 12.1. The summed E-state index contributed by atoms with van der Waals surface area (Å²) in [6, 6.07) is 0. The molecule has 0 atom stereocenters. The molecule has 0 aliphatic carbocycles. The molecule has 2 N–H and O–H groups in total. The zero-order valence-electron chi connectivity index (χ0n) is 22.0. The van der Waals surface area contributed by atoms with Gasteiger partial charge in [0.15, 0.2) is 0 Å². The van der Waals surface area contributed by atoms with Gasteiger partial charge in [-0.2, -0.15) is 10.1 Å². The highest BCUT2D eigenvalue weighted by atomic mass is 33.1. The number of ether oxygens (including phenoxy) is 2. The van der Waals surface area contributed by atoms with Crippen molar-refractivity contribution in [3.63, 3.8) is 0 Å². The molecule has 0 amide bonds. The van der Waals surface area contributed by atoms with Crippen LogP contribution in [0.25, 0.3) is 0 Å². The summed E-state index contributed by atoms with van der Waals surface area (Å²) in [6.07, 6.45) is 2.58. The Bertz CT molecular complexity index is 632. The third kappa shape index (κ3) is 8.00. The molecule has 0 saturated carbocycles. The Morgan fingerprint density at radius 3 is 1.21 bits per heavy atom. The largest absolute Gasteiger partial charge is 0.462 e. The van der Waals surface area contributed by atoms with Crippen LogP contribution in [0.2, 0.25) is 0 Å². The van der Waals surface area contributed by atoms with Crippen molar-refractivity contribution in [2.24, 2.45) is 0 Å². The minimum Gasteiger partial charge on any atom is -0.462 e. The highest BCUT2D eigenvalue weighted by Crippen LogP contribution is 2.39. The average Bonchev–Trinajstić information content (AvgIpc) is 2.66. The van der Waals surface area contributed by atoms with Crippen molar-refractivity contribution < 1.29 is 29.5 Å². The van der Waals surface area contributed by atoms with E-state index in [1.165, 1.54) is 10.1 Å². The fourth-order valence-electron chi connectivity index (χ4n) is 5.38. The van der Waals surface area contributed by atoms with E-state index in [0.717, 1.165) is 0 Å². The minimum absolute atomic E-state index is 0.207. The van der Waals surface area contributed by atoms with Gasteiger partial charge < -0.3 is 19.9 Å². The normalized spacial score (nSPS) is 25.1. The summed E-state index contributed by atoms with van der Waals surface area (Å²) in [5.74, 6) is 0.773. The van der Waals surface area contributed by atoms with Crippen LogP contribution in [0.15, 0.2) is 0 Å². The molecule has 0 bridgehead atoms. The third-order valence-corrected chi connectivity index (χ3v) is 9.07. The average molecular weight is 521 g/mol. The maximum Gasteiger partial charge on any atom is 0.306 e. The van der Waals surface area contributed by atoms with Gasteiger partial charge in [0.25, 0.3) is 0 Å². The standard InChI is InChI=1S/C24H44N2O6S2/c1-21(2)13-17(14-22(3,4)25(21)29)31-19(27)9-11-33-34-12-10-20(28)32-18-15-23(5,6)26(30)24(7,8)16-18/h17-18,29-30H,9-16H2,1-8H3. The molecule has 198 valence electrons. The predicted molar refractivity (Wildman–Crippen MR) is 136 cm³/mol. The van der Waals surface area contributed by atoms with Crippen LogP contribution in [-0.4, -0.2) is 78.3 Å². The number of carbonyl (C=O) groups is 2. The summed E-state index contributed by atoms with van der Waals surface area (Å²) in [7, 11) is 3.10. The van der Waals surface area contributed by atoms with Gasteiger partial charge in [-0.1, -0.05) is 21.6 Å². The topological polar surface area (TPSA) is 99.5 Å². The number of esters is 2. The fraction of sp³-hybridized carbons (Fsp3) is 0.917. The van der Waals surface area contributed by atoms with Gasteiger partial charge in [-0.05, 0) is 55.4 Å². The summed E-state index contributed by atoms with van der Waals surface area (Å²) in [5.41, 5.74) is -1.81. The van der Waals surface area contributed by atoms with Crippen LogP contribution in [0.3, 0.4) is 0 Å². The molecular formula is C24H44N2O6S2. The first-order chi connectivity index (χ1) is 15.5. The lowest BCUT2D eigenvalue weighted by Gasteiger charge is -2.50. The van der Waals surface area contributed by atoms with Crippen molar-refractivity contribution in [3.05, 3.63) is 0 Å². The van der Waals surface area contributed by atoms with Gasteiger partial charge in [-0.25, -0.2) is 0 Å². The molecule has 8 nitrogen and oxygen atoms in total. The van der Waals surface area contributed by atoms with E-state index in [2.05, 4.69) is 0 Å². The van der Waals surface area contributed by atoms with Gasteiger partial charge in [-0.3, -0.25) is 9.59 Å². The summed E-state index contributed by atoms with van der Waals surface area (Å²) >= 11 is 0. The molecule has 0 aromatic rings. The SMILES string of the molecule is CC1(C)CC(OC(=O)CCSSCCC(=O)OC2CC(C)(C)N(O)C(C)(C)C2)CC(C)(C)N1O. The predicted octanol–water partition coefficient (Wildman–Crippen LogP) is 5.06. The quantitative estimate of drug-likeness (QED) is 0.244. The van der Waals surface area contributed by atoms with Gasteiger partial charge in [0.1, 0.15) is 12.2 Å². The second-order valence-corrected chi connectivity index (χ2v) is 14.8. The Balaban J connectivity index is 1.62. The molecule has 0 unspecified atom stereocenters. The molecule has 0 spiro atoms. The Morgan fingerprint density at radius 2 is 0.941 bits per heavy atom. The van der Waals surface area contributed by atoms with E-state index in [1.807, 2.05) is 55.4 Å². The van der Waals surface area contributed by atoms with E-state index in [0.29, 0.717) is 50.0 Å². The zero-order valence-corrected chi connectivity index (χ0v) is 23.7. The number of hydrogen-bond acceptors (Lipinski definition) is 10. The summed E-state index contributed by atoms with van der Waals surface area (Å²) in [5, 5.41) is 23.5. The number of carbonyl (C=O) groups excluding carboxylic acids is 2. The minimum atomic E-state index is -0.452. The Kier molecular flexibility index (Phi) is 9.83. The zero-order chi connectivity index (χ0) is 25.9. The van der Waals surface area contributed by atoms with Gasteiger partial charge >= 0.3 is 11.9 Å². The monoisotopic (exact) mass is 520 g/mol. The highest BCUT2D eigenvalue weighted by molar-refractivity contribution is 8.76. The van der Waals surface area contributed by atoms with Crippen molar-refractivity contribution >= 4 is 33.5 Å². The molecule has 2 aliphatic heterocycles. The first kappa shape index (κ1) is 29.7. The van der Waals surface area contributed by atoms with Crippen molar-refractivity contribution in [1.82, 2.24) is 10.1 Å². The van der Waals surface area contributed by atoms with E-state index in [4.69, 9.17) is 9.47 Å². The molecule has 0 radical (unpaired) electrons. The number of piperidine rings is 2. The lowest BCUT2D eigenvalue weighted by Crippen LogP contribution is -2.60. The van der Waals surface area contributed by atoms with E-state index >= 15 is 0 Å². The summed E-state index contributed by atoms with van der Waals surface area (Å²) in [6.45, 7) is 15.6. The van der Waals surface area contributed by atoms with E-state index < -0.39 is 22.2 Å². The molecular weight excluding hydrogens is 476 g/mol. The van der Waals surface area contributed by atoms with E-state index in [-0.39, 0.29) is 24.1 Å². The van der Waals surface area contributed by atoms with Crippen LogP contribution < -0.4 is 0 Å². The number of hydrogen-bond donors (Lipinski definition) is 2. The maximum atomic E-state index is 12.3. The van der Waals surface area contributed by atoms with E-state index in [9.17, 15) is 20.0 Å². The van der Waals surface area contributed by atoms with Crippen molar-refractivity contribution in [2.45, 2.75) is 128 Å². The lowest BCUT2D eigenvalue weighted by atomic mass is 9.80. The van der Waals surface area contributed by atoms with Crippen LogP contribution in [0.4, 0.5) is 0 Å². The highest BCUT2D eigenvalue weighted by Gasteiger charge is 2.47. The molecule has 2 heterocycles. The van der Waals surface area contributed by atoms with Crippen molar-refractivity contribution in [2.75, 3.05) is 11.5 Å². The van der Waals surface area contributed by atoms with Crippen LogP contribution >= 0.6 is 21.6 Å². The molecule has 0 aromatic carbocycles. The maximum absolute atomic E-state index is 12.3. The second kappa shape index (κ2) is 11.3. The van der Waals surface area contributed by atoms with Gasteiger partial charge in [0.05, 0.1) is 12.8 Å². The van der Waals surface area contributed by atoms with Gasteiger partial charge in [0.2, 0.25) is 0 Å². The number of nitrogens with zero attached hydrogens (tertiary/aromatic N) is 2.